The molecule has 0 N–H and O–H groups in total. The average Bonchev–Trinajstić information content (AvgIpc) is 2.41. The molecule has 18 heavy (non-hydrogen) atoms. The van der Waals surface area contributed by atoms with Crippen LogP contribution in [0.1, 0.15) is 11.1 Å². The fourth-order valence-corrected chi connectivity index (χ4v) is 1.18. The van der Waals surface area contributed by atoms with E-state index < -0.39 is 0 Å². The summed E-state index contributed by atoms with van der Waals surface area (Å²) in [6, 6.07) is 20.1. The third-order valence-corrected chi connectivity index (χ3v) is 2.07. The second-order valence-corrected chi connectivity index (χ2v) is 3.23. The maximum absolute atomic E-state index is 3.63. The van der Waals surface area contributed by atoms with Crippen LogP contribution in [0.25, 0.3) is 12.2 Å². The topological polar surface area (TPSA) is 0 Å². The molecule has 2 aromatic carbocycles. The molecule has 2 heteroatoms. The van der Waals surface area contributed by atoms with E-state index in [-0.39, 0.29) is 34.0 Å². The van der Waals surface area contributed by atoms with Gasteiger partial charge in [0.1, 0.15) is 0 Å². The van der Waals surface area contributed by atoms with Crippen molar-refractivity contribution < 1.29 is 0 Å². The van der Waals surface area contributed by atoms with Crippen molar-refractivity contribution in [1.29, 1.82) is 0 Å². The largest absolute Gasteiger partial charge is 0.114 e. The molecule has 2 rings (SSSR count). The Balaban J connectivity index is 0. The van der Waals surface area contributed by atoms with E-state index in [4.69, 9.17) is 0 Å². The summed E-state index contributed by atoms with van der Waals surface area (Å²) in [5.41, 5.74) is 2.35. The number of halogens is 2. The molecule has 96 valence electrons. The van der Waals surface area contributed by atoms with Crippen molar-refractivity contribution in [2.75, 3.05) is 0 Å². The summed E-state index contributed by atoms with van der Waals surface area (Å²) < 4.78 is 0. The van der Waals surface area contributed by atoms with Gasteiger partial charge in [-0.2, -0.15) is 0 Å². The zero-order chi connectivity index (χ0) is 11.6. The molecule has 0 fully saturated rings. The minimum atomic E-state index is 0. The summed E-state index contributed by atoms with van der Waals surface area (Å²) in [6.45, 7) is 7.26. The van der Waals surface area contributed by atoms with Crippen molar-refractivity contribution in [3.05, 3.63) is 84.9 Å². The monoisotopic (exact) mass is 368 g/mol. The quantitative estimate of drug-likeness (QED) is 0.626. The van der Waals surface area contributed by atoms with E-state index in [1.807, 2.05) is 72.8 Å². The minimum Gasteiger partial charge on any atom is -0.114 e. The highest BCUT2D eigenvalue weighted by molar-refractivity contribution is 8.93. The molecular formula is C16H18Br2. The summed E-state index contributed by atoms with van der Waals surface area (Å²) in [5, 5.41) is 0. The van der Waals surface area contributed by atoms with Crippen LogP contribution in [-0.4, -0.2) is 0 Å². The van der Waals surface area contributed by atoms with Crippen LogP contribution in [0.4, 0.5) is 0 Å². The lowest BCUT2D eigenvalue weighted by Crippen LogP contribution is -1.63. The average molecular weight is 370 g/mol. The van der Waals surface area contributed by atoms with Crippen LogP contribution in [0.15, 0.2) is 73.8 Å². The highest BCUT2D eigenvalue weighted by Crippen LogP contribution is 1.98. The van der Waals surface area contributed by atoms with Crippen molar-refractivity contribution in [3.8, 4) is 0 Å². The van der Waals surface area contributed by atoms with E-state index in [0.717, 1.165) is 0 Å². The molecule has 0 bridgehead atoms. The Morgan fingerprint density at radius 2 is 0.833 bits per heavy atom. The van der Waals surface area contributed by atoms with Gasteiger partial charge in [0.2, 0.25) is 0 Å². The smallest absolute Gasteiger partial charge is 0.0263 e. The van der Waals surface area contributed by atoms with Crippen LogP contribution in [0, 0.1) is 0 Å². The van der Waals surface area contributed by atoms with E-state index in [1.54, 1.807) is 0 Å². The molecule has 0 heterocycles. The van der Waals surface area contributed by atoms with Crippen molar-refractivity contribution in [1.82, 2.24) is 0 Å². The fourth-order valence-electron chi connectivity index (χ4n) is 1.18. The van der Waals surface area contributed by atoms with Gasteiger partial charge in [0.15, 0.2) is 0 Å². The maximum Gasteiger partial charge on any atom is -0.0263 e. The lowest BCUT2D eigenvalue weighted by molar-refractivity contribution is 1.67. The van der Waals surface area contributed by atoms with E-state index in [2.05, 4.69) is 13.2 Å². The molecule has 0 saturated heterocycles. The molecule has 0 aliphatic carbocycles. The molecule has 0 unspecified atom stereocenters. The Hall–Kier alpha value is -1.12. The predicted octanol–water partition coefficient (Wildman–Crippen LogP) is 5.82. The van der Waals surface area contributed by atoms with Crippen LogP contribution in [0.2, 0.25) is 0 Å². The fraction of sp³-hybridized carbons (Fsp3) is 0. The highest BCUT2D eigenvalue weighted by Gasteiger charge is 1.76. The summed E-state index contributed by atoms with van der Waals surface area (Å²) in [5.74, 6) is 0. The van der Waals surface area contributed by atoms with Crippen LogP contribution >= 0.6 is 34.0 Å². The van der Waals surface area contributed by atoms with Crippen molar-refractivity contribution in [2.45, 2.75) is 0 Å². The minimum absolute atomic E-state index is 0. The number of hydrogen-bond donors (Lipinski definition) is 0. The molecule has 0 aliphatic heterocycles. The molecule has 0 aromatic heterocycles. The Kier molecular flexibility index (Phi) is 13.2. The Labute approximate surface area is 131 Å². The molecule has 0 radical (unpaired) electrons. The third kappa shape index (κ3) is 8.04. The molecule has 0 saturated carbocycles. The van der Waals surface area contributed by atoms with Crippen LogP contribution < -0.4 is 0 Å². The second kappa shape index (κ2) is 12.3. The summed E-state index contributed by atoms with van der Waals surface area (Å²) >= 11 is 0. The summed E-state index contributed by atoms with van der Waals surface area (Å²) in [7, 11) is 0. The van der Waals surface area contributed by atoms with Gasteiger partial charge in [-0.3, -0.25) is 0 Å². The van der Waals surface area contributed by atoms with E-state index in [0.29, 0.717) is 0 Å². The van der Waals surface area contributed by atoms with E-state index >= 15 is 0 Å². The Morgan fingerprint density at radius 1 is 0.556 bits per heavy atom. The van der Waals surface area contributed by atoms with Gasteiger partial charge in [0.25, 0.3) is 0 Å². The van der Waals surface area contributed by atoms with Crippen molar-refractivity contribution >= 4 is 46.1 Å². The van der Waals surface area contributed by atoms with Gasteiger partial charge < -0.3 is 0 Å². The van der Waals surface area contributed by atoms with Gasteiger partial charge in [-0.15, -0.1) is 34.0 Å². The zero-order valence-corrected chi connectivity index (χ0v) is 13.6. The Bertz CT molecular complexity index is 378. The van der Waals surface area contributed by atoms with E-state index in [9.17, 15) is 0 Å². The summed E-state index contributed by atoms with van der Waals surface area (Å²) in [6.07, 6.45) is 3.67. The van der Waals surface area contributed by atoms with Gasteiger partial charge in [-0.05, 0) is 11.1 Å². The number of benzene rings is 2. The van der Waals surface area contributed by atoms with Crippen LogP contribution in [-0.2, 0) is 0 Å². The lowest BCUT2D eigenvalue weighted by Gasteiger charge is -1.85. The van der Waals surface area contributed by atoms with Gasteiger partial charge in [0.05, 0.1) is 0 Å². The molecule has 0 amide bonds. The summed E-state index contributed by atoms with van der Waals surface area (Å²) in [4.78, 5) is 0. The molecule has 0 nitrogen and oxygen atoms in total. The van der Waals surface area contributed by atoms with E-state index in [1.165, 1.54) is 11.1 Å². The molecule has 0 spiro atoms. The van der Waals surface area contributed by atoms with Crippen LogP contribution in [0.3, 0.4) is 0 Å². The number of rotatable bonds is 2. The Morgan fingerprint density at radius 3 is 1.00 bits per heavy atom. The van der Waals surface area contributed by atoms with Gasteiger partial charge in [-0.1, -0.05) is 86.0 Å². The lowest BCUT2D eigenvalue weighted by atomic mass is 10.2. The van der Waals surface area contributed by atoms with Gasteiger partial charge >= 0.3 is 0 Å². The first kappa shape index (κ1) is 19.2. The van der Waals surface area contributed by atoms with Gasteiger partial charge in [0, 0.05) is 0 Å². The van der Waals surface area contributed by atoms with Crippen LogP contribution in [0.5, 0.6) is 0 Å². The first-order chi connectivity index (χ1) is 7.86. The first-order valence-electron chi connectivity index (χ1n) is 5.22. The van der Waals surface area contributed by atoms with Crippen molar-refractivity contribution in [3.63, 3.8) is 0 Å². The predicted molar refractivity (Wildman–Crippen MR) is 93.7 cm³/mol. The first-order valence-corrected chi connectivity index (χ1v) is 5.22. The molecular weight excluding hydrogens is 352 g/mol. The zero-order valence-electron chi connectivity index (χ0n) is 10.2. The third-order valence-electron chi connectivity index (χ3n) is 2.07. The normalized spacial score (nSPS) is 7.56. The highest BCUT2D eigenvalue weighted by atomic mass is 79.9. The molecule has 0 aliphatic rings. The van der Waals surface area contributed by atoms with Gasteiger partial charge in [-0.25, -0.2) is 0 Å². The number of hydrogen-bond acceptors (Lipinski definition) is 0. The maximum atomic E-state index is 3.63. The van der Waals surface area contributed by atoms with Crippen molar-refractivity contribution in [2.24, 2.45) is 0 Å². The SMILES string of the molecule is Br.Br.C=Cc1ccccc1.C=Cc1ccccc1. The molecule has 0 atom stereocenters. The second-order valence-electron chi connectivity index (χ2n) is 3.23. The molecule has 2 aromatic rings. The standard InChI is InChI=1S/2C8H8.2BrH/c2*1-2-8-6-4-3-5-7-8;;/h2*2-7H,1H2;2*1H.